The summed E-state index contributed by atoms with van der Waals surface area (Å²) in [6, 6.07) is 14.9. The molecule has 8 nitrogen and oxygen atoms in total. The van der Waals surface area contributed by atoms with E-state index in [4.69, 9.17) is 18.9 Å². The maximum absolute atomic E-state index is 12.7. The van der Waals surface area contributed by atoms with Gasteiger partial charge in [-0.15, -0.1) is 0 Å². The summed E-state index contributed by atoms with van der Waals surface area (Å²) in [7, 11) is 0. The van der Waals surface area contributed by atoms with Gasteiger partial charge >= 0.3 is 23.9 Å². The van der Waals surface area contributed by atoms with E-state index in [0.717, 1.165) is 5.56 Å². The minimum absolute atomic E-state index is 0.185. The molecule has 0 N–H and O–H groups in total. The molecule has 3 aromatic carbocycles. The maximum Gasteiger partial charge on any atom is 0.338 e. The molecule has 3 rings (SSSR count). The molecule has 0 spiro atoms. The summed E-state index contributed by atoms with van der Waals surface area (Å²) in [5.41, 5.74) is 3.61. The summed E-state index contributed by atoms with van der Waals surface area (Å²) in [5.74, 6) is -1.35. The van der Waals surface area contributed by atoms with Gasteiger partial charge in [-0.25, -0.2) is 19.2 Å². The first-order valence-corrected chi connectivity index (χ1v) is 13.7. The number of esters is 4. The van der Waals surface area contributed by atoms with Crippen LogP contribution in [0.25, 0.3) is 23.3 Å². The van der Waals surface area contributed by atoms with E-state index in [0.29, 0.717) is 28.0 Å². The highest BCUT2D eigenvalue weighted by Gasteiger charge is 2.22. The van der Waals surface area contributed by atoms with E-state index in [1.54, 1.807) is 87.5 Å². The number of carbonyl (C=O) groups excluding carboxylic acids is 4. The Labute approximate surface area is 262 Å². The minimum atomic E-state index is -0.646. The number of carbonyl (C=O) groups is 4. The van der Waals surface area contributed by atoms with Gasteiger partial charge in [0.25, 0.3) is 0 Å². The van der Waals surface area contributed by atoms with Crippen LogP contribution in [0.2, 0.25) is 0 Å². The van der Waals surface area contributed by atoms with Gasteiger partial charge in [0.1, 0.15) is 23.0 Å². The van der Waals surface area contributed by atoms with Crippen molar-refractivity contribution in [2.45, 2.75) is 34.6 Å². The molecule has 0 atom stereocenters. The van der Waals surface area contributed by atoms with Crippen LogP contribution in [0.5, 0.6) is 23.0 Å². The van der Waals surface area contributed by atoms with Crippen LogP contribution in [-0.4, -0.2) is 23.9 Å². The van der Waals surface area contributed by atoms with Crippen molar-refractivity contribution in [3.05, 3.63) is 120 Å². The second-order valence-corrected chi connectivity index (χ2v) is 10.4. The molecule has 0 aliphatic rings. The fourth-order valence-electron chi connectivity index (χ4n) is 3.71. The third-order valence-corrected chi connectivity index (χ3v) is 6.23. The number of rotatable bonds is 11. The first-order chi connectivity index (χ1) is 21.2. The summed E-state index contributed by atoms with van der Waals surface area (Å²) >= 11 is 0. The van der Waals surface area contributed by atoms with E-state index in [1.807, 2.05) is 0 Å². The molecule has 0 aliphatic heterocycles. The predicted octanol–water partition coefficient (Wildman–Crippen LogP) is 7.76. The fraction of sp³-hybridized carbons (Fsp3) is 0.135. The van der Waals surface area contributed by atoms with Crippen molar-refractivity contribution >= 4 is 36.0 Å². The van der Waals surface area contributed by atoms with E-state index in [-0.39, 0.29) is 39.5 Å². The van der Waals surface area contributed by atoms with Crippen molar-refractivity contribution < 1.29 is 38.1 Å². The van der Waals surface area contributed by atoms with Gasteiger partial charge in [0.05, 0.1) is 0 Å². The van der Waals surface area contributed by atoms with Crippen LogP contribution in [0.3, 0.4) is 0 Å². The maximum atomic E-state index is 12.7. The Morgan fingerprint density at radius 3 is 1.47 bits per heavy atom. The predicted molar refractivity (Wildman–Crippen MR) is 174 cm³/mol. The quantitative estimate of drug-likeness (QED) is 0.0944. The van der Waals surface area contributed by atoms with Crippen LogP contribution in [0.1, 0.15) is 44.4 Å². The van der Waals surface area contributed by atoms with E-state index in [9.17, 15) is 19.2 Å². The van der Waals surface area contributed by atoms with E-state index in [1.165, 1.54) is 13.8 Å². The van der Waals surface area contributed by atoms with Crippen LogP contribution in [0.15, 0.2) is 103 Å². The summed E-state index contributed by atoms with van der Waals surface area (Å²) in [6.07, 6.45) is 3.48. The van der Waals surface area contributed by atoms with Crippen LogP contribution in [0.4, 0.5) is 0 Å². The Morgan fingerprint density at radius 1 is 0.578 bits per heavy atom. The molecular weight excluding hydrogens is 572 g/mol. The highest BCUT2D eigenvalue weighted by atomic mass is 16.5. The lowest BCUT2D eigenvalue weighted by atomic mass is 9.96. The van der Waals surface area contributed by atoms with E-state index in [2.05, 4.69) is 26.3 Å². The smallest absolute Gasteiger partial charge is 0.338 e. The zero-order chi connectivity index (χ0) is 33.4. The summed E-state index contributed by atoms with van der Waals surface area (Å²) in [4.78, 5) is 49.2. The Balaban J connectivity index is 2.15. The molecule has 0 aromatic heterocycles. The van der Waals surface area contributed by atoms with Crippen molar-refractivity contribution in [1.82, 2.24) is 0 Å². The van der Waals surface area contributed by atoms with Crippen molar-refractivity contribution in [2.24, 2.45) is 0 Å². The summed E-state index contributed by atoms with van der Waals surface area (Å²) in [6.45, 7) is 22.4. The zero-order valence-corrected chi connectivity index (χ0v) is 25.9. The van der Waals surface area contributed by atoms with Crippen LogP contribution >= 0.6 is 0 Å². The van der Waals surface area contributed by atoms with Gasteiger partial charge in [-0.2, -0.15) is 0 Å². The summed E-state index contributed by atoms with van der Waals surface area (Å²) < 4.78 is 22.1. The number of hydrogen-bond donors (Lipinski definition) is 0. The number of hydrogen-bond acceptors (Lipinski definition) is 8. The second kappa shape index (κ2) is 14.6. The van der Waals surface area contributed by atoms with Gasteiger partial charge in [-0.05, 0) is 76.1 Å². The molecule has 0 fully saturated rings. The van der Waals surface area contributed by atoms with Crippen LogP contribution in [0, 0.1) is 6.92 Å². The van der Waals surface area contributed by atoms with Crippen molar-refractivity contribution in [3.63, 3.8) is 0 Å². The first kappa shape index (κ1) is 33.7. The van der Waals surface area contributed by atoms with Gasteiger partial charge in [0.2, 0.25) is 0 Å². The van der Waals surface area contributed by atoms with Gasteiger partial charge in [0, 0.05) is 39.0 Å². The third-order valence-electron chi connectivity index (χ3n) is 6.23. The molecule has 0 radical (unpaired) electrons. The number of benzene rings is 3. The molecule has 230 valence electrons. The monoisotopic (exact) mass is 606 g/mol. The lowest BCUT2D eigenvalue weighted by Gasteiger charge is -2.19. The number of ether oxygens (including phenoxy) is 4. The molecule has 0 heterocycles. The molecule has 0 bridgehead atoms. The largest absolute Gasteiger partial charge is 0.423 e. The molecule has 3 aromatic rings. The molecule has 0 unspecified atom stereocenters. The molecule has 8 heteroatoms. The lowest BCUT2D eigenvalue weighted by Crippen LogP contribution is -2.13. The topological polar surface area (TPSA) is 105 Å². The first-order valence-electron chi connectivity index (χ1n) is 13.7. The molecule has 0 aliphatic carbocycles. The SMILES string of the molecule is C=C(C)C(=O)Oc1ccc(/C=C/c2c(OC(=O)C(=C)C)cc(-c3ccc(OC(=O)C(=C)C)cc3)c(OC(=O)C(=C)C)c2C)cc1. The van der Waals surface area contributed by atoms with E-state index >= 15 is 0 Å². The average Bonchev–Trinajstić information content (AvgIpc) is 2.98. The van der Waals surface area contributed by atoms with Gasteiger partial charge < -0.3 is 18.9 Å². The van der Waals surface area contributed by atoms with Gasteiger partial charge in [0.15, 0.2) is 0 Å². The molecule has 0 saturated carbocycles. The van der Waals surface area contributed by atoms with Crippen molar-refractivity contribution in [3.8, 4) is 34.1 Å². The third kappa shape index (κ3) is 8.87. The Bertz CT molecular complexity index is 1750. The molecule has 0 saturated heterocycles. The molecule has 45 heavy (non-hydrogen) atoms. The molecule has 0 amide bonds. The van der Waals surface area contributed by atoms with Gasteiger partial charge in [-0.3, -0.25) is 0 Å². The second-order valence-electron chi connectivity index (χ2n) is 10.4. The standard InChI is InChI=1S/C37H34O8/c1-21(2)34(38)42-28-15-10-26(11-16-28)12-19-30-25(9)33(45-37(41)24(7)8)31(20-32(30)44-36(40)23(5)6)27-13-17-29(18-14-27)43-35(39)22(3)4/h10-20H,1,3,5,7H2,2,4,6,8-9H3/b19-12+. The Hall–Kier alpha value is -5.76. The normalized spacial score (nSPS) is 10.5. The van der Waals surface area contributed by atoms with Gasteiger partial charge in [-0.1, -0.05) is 62.7 Å². The summed E-state index contributed by atoms with van der Waals surface area (Å²) in [5, 5.41) is 0. The highest BCUT2D eigenvalue weighted by Crippen LogP contribution is 2.42. The Morgan fingerprint density at radius 2 is 1.00 bits per heavy atom. The fourth-order valence-corrected chi connectivity index (χ4v) is 3.71. The van der Waals surface area contributed by atoms with Crippen molar-refractivity contribution in [2.75, 3.05) is 0 Å². The average molecular weight is 607 g/mol. The minimum Gasteiger partial charge on any atom is -0.423 e. The lowest BCUT2D eigenvalue weighted by molar-refractivity contribution is -0.131. The Kier molecular flexibility index (Phi) is 11.0. The van der Waals surface area contributed by atoms with Crippen LogP contribution < -0.4 is 18.9 Å². The van der Waals surface area contributed by atoms with E-state index < -0.39 is 23.9 Å². The molecular formula is C37H34O8. The van der Waals surface area contributed by atoms with Crippen LogP contribution in [-0.2, 0) is 19.2 Å². The highest BCUT2D eigenvalue weighted by molar-refractivity contribution is 5.94. The zero-order valence-electron chi connectivity index (χ0n) is 25.9. The van der Waals surface area contributed by atoms with Crippen molar-refractivity contribution in [1.29, 1.82) is 0 Å².